The number of ether oxygens (including phenoxy) is 1. The van der Waals surface area contributed by atoms with E-state index in [1.807, 2.05) is 0 Å². The largest absolute Gasteiger partial charge is 0.377 e. The zero-order chi connectivity index (χ0) is 15.0. The molecule has 0 aromatic rings. The van der Waals surface area contributed by atoms with E-state index in [-0.39, 0.29) is 35.5 Å². The first-order valence-electron chi connectivity index (χ1n) is 7.56. The number of rotatable bonds is 4. The van der Waals surface area contributed by atoms with Crippen molar-refractivity contribution in [3.05, 3.63) is 0 Å². The Morgan fingerprint density at radius 3 is 2.67 bits per heavy atom. The predicted octanol–water partition coefficient (Wildman–Crippen LogP) is 2.63. The van der Waals surface area contributed by atoms with E-state index in [9.17, 15) is 0 Å². The molecule has 1 heterocycles. The minimum Gasteiger partial charge on any atom is -0.377 e. The van der Waals surface area contributed by atoms with Gasteiger partial charge in [-0.25, -0.2) is 0 Å². The second-order valence-corrected chi connectivity index (χ2v) is 6.34. The van der Waals surface area contributed by atoms with Crippen LogP contribution in [0.15, 0.2) is 4.99 Å². The van der Waals surface area contributed by atoms with E-state index < -0.39 is 0 Å². The Kier molecular flexibility index (Phi) is 10.0. The molecule has 0 amide bonds. The van der Waals surface area contributed by atoms with Crippen LogP contribution in [0.5, 0.6) is 0 Å². The smallest absolute Gasteiger partial charge is 0.192 e. The number of terminal acetylenes is 1. The highest BCUT2D eigenvalue weighted by atomic mass is 127. The molecule has 21 heavy (non-hydrogen) atoms. The molecule has 1 fully saturated rings. The van der Waals surface area contributed by atoms with Crippen LogP contribution < -0.4 is 10.6 Å². The van der Waals surface area contributed by atoms with E-state index in [0.29, 0.717) is 12.5 Å². The van der Waals surface area contributed by atoms with Crippen LogP contribution in [0, 0.1) is 23.7 Å². The van der Waals surface area contributed by atoms with Gasteiger partial charge in [0.1, 0.15) is 0 Å². The van der Waals surface area contributed by atoms with Gasteiger partial charge in [0.05, 0.1) is 12.6 Å². The molecule has 0 spiro atoms. The van der Waals surface area contributed by atoms with Gasteiger partial charge < -0.3 is 15.4 Å². The van der Waals surface area contributed by atoms with Crippen molar-refractivity contribution < 1.29 is 4.74 Å². The topological polar surface area (TPSA) is 45.7 Å². The molecule has 0 aliphatic carbocycles. The molecule has 0 radical (unpaired) electrons. The Morgan fingerprint density at radius 2 is 2.10 bits per heavy atom. The van der Waals surface area contributed by atoms with Crippen molar-refractivity contribution in [3.8, 4) is 12.3 Å². The fraction of sp³-hybridized carbons (Fsp3) is 0.812. The zero-order valence-corrected chi connectivity index (χ0v) is 16.1. The first-order chi connectivity index (χ1) is 9.49. The van der Waals surface area contributed by atoms with E-state index in [1.54, 1.807) is 0 Å². The van der Waals surface area contributed by atoms with Crippen molar-refractivity contribution in [2.75, 3.05) is 26.2 Å². The third-order valence-corrected chi connectivity index (χ3v) is 3.48. The van der Waals surface area contributed by atoms with Crippen molar-refractivity contribution in [2.45, 2.75) is 46.6 Å². The van der Waals surface area contributed by atoms with Crippen molar-refractivity contribution in [2.24, 2.45) is 16.3 Å². The highest BCUT2D eigenvalue weighted by Crippen LogP contribution is 2.34. The number of nitrogens with one attached hydrogen (secondary N) is 2. The Labute approximate surface area is 146 Å². The van der Waals surface area contributed by atoms with Crippen LogP contribution in [0.2, 0.25) is 0 Å². The Bertz CT molecular complexity index is 358. The molecule has 1 rings (SSSR count). The van der Waals surface area contributed by atoms with Gasteiger partial charge in [0.2, 0.25) is 0 Å². The summed E-state index contributed by atoms with van der Waals surface area (Å²) in [6.45, 7) is 11.7. The quantitative estimate of drug-likeness (QED) is 0.326. The van der Waals surface area contributed by atoms with Crippen LogP contribution in [0.4, 0.5) is 0 Å². The van der Waals surface area contributed by atoms with Gasteiger partial charge in [-0.2, -0.15) is 0 Å². The van der Waals surface area contributed by atoms with Crippen LogP contribution in [0.3, 0.4) is 0 Å². The number of nitrogens with zero attached hydrogens (tertiary/aromatic N) is 1. The molecule has 0 saturated carbocycles. The maximum atomic E-state index is 5.99. The summed E-state index contributed by atoms with van der Waals surface area (Å²) >= 11 is 0. The lowest BCUT2D eigenvalue weighted by molar-refractivity contribution is -0.0823. The highest BCUT2D eigenvalue weighted by molar-refractivity contribution is 14.0. The van der Waals surface area contributed by atoms with Crippen LogP contribution in [-0.4, -0.2) is 38.3 Å². The number of guanidine groups is 1. The Hall–Kier alpha value is -0.480. The van der Waals surface area contributed by atoms with Crippen LogP contribution in [0.1, 0.15) is 40.5 Å². The van der Waals surface area contributed by atoms with E-state index in [0.717, 1.165) is 32.1 Å². The maximum absolute atomic E-state index is 5.99. The SMILES string of the molecule is C#CCNC(=NCC1CCCOC1C(C)(C)C)NCC.I. The molecule has 2 unspecified atom stereocenters. The zero-order valence-electron chi connectivity index (χ0n) is 13.7. The monoisotopic (exact) mass is 407 g/mol. The fourth-order valence-corrected chi connectivity index (χ4v) is 2.67. The second kappa shape index (κ2) is 10.3. The molecule has 0 bridgehead atoms. The van der Waals surface area contributed by atoms with Crippen molar-refractivity contribution in [1.82, 2.24) is 10.6 Å². The lowest BCUT2D eigenvalue weighted by Gasteiger charge is -2.39. The maximum Gasteiger partial charge on any atom is 0.192 e. The third kappa shape index (κ3) is 7.37. The summed E-state index contributed by atoms with van der Waals surface area (Å²) in [7, 11) is 0. The molecule has 122 valence electrons. The molecule has 0 aromatic heterocycles. The average molecular weight is 407 g/mol. The summed E-state index contributed by atoms with van der Waals surface area (Å²) in [4.78, 5) is 4.66. The van der Waals surface area contributed by atoms with E-state index in [4.69, 9.17) is 11.2 Å². The number of halogens is 1. The Balaban J connectivity index is 0.00000400. The van der Waals surface area contributed by atoms with E-state index in [2.05, 4.69) is 49.2 Å². The van der Waals surface area contributed by atoms with Crippen LogP contribution >= 0.6 is 24.0 Å². The van der Waals surface area contributed by atoms with Gasteiger partial charge in [-0.3, -0.25) is 4.99 Å². The van der Waals surface area contributed by atoms with Gasteiger partial charge in [0.15, 0.2) is 5.96 Å². The van der Waals surface area contributed by atoms with Crippen molar-refractivity contribution in [3.63, 3.8) is 0 Å². The Morgan fingerprint density at radius 1 is 1.38 bits per heavy atom. The van der Waals surface area contributed by atoms with Gasteiger partial charge in [-0.1, -0.05) is 26.7 Å². The standard InChI is InChI=1S/C16H29N3O.HI/c1-6-10-18-15(17-7-2)19-12-13-9-8-11-20-14(13)16(3,4)5;/h1,13-14H,7-12H2,2-5H3,(H2,17,18,19);1H. The average Bonchev–Trinajstić information content (AvgIpc) is 2.41. The number of hydrogen-bond acceptors (Lipinski definition) is 2. The molecule has 0 aromatic carbocycles. The molecule has 2 N–H and O–H groups in total. The molecule has 1 aliphatic heterocycles. The normalized spacial score (nSPS) is 22.9. The summed E-state index contributed by atoms with van der Waals surface area (Å²) in [5.74, 6) is 3.84. The third-order valence-electron chi connectivity index (χ3n) is 3.48. The second-order valence-electron chi connectivity index (χ2n) is 6.34. The first kappa shape index (κ1) is 20.5. The molecule has 1 aliphatic rings. The van der Waals surface area contributed by atoms with Crippen molar-refractivity contribution >= 4 is 29.9 Å². The van der Waals surface area contributed by atoms with E-state index >= 15 is 0 Å². The summed E-state index contributed by atoms with van der Waals surface area (Å²) in [5, 5.41) is 6.34. The predicted molar refractivity (Wildman–Crippen MR) is 100 cm³/mol. The molecule has 1 saturated heterocycles. The van der Waals surface area contributed by atoms with E-state index in [1.165, 1.54) is 6.42 Å². The summed E-state index contributed by atoms with van der Waals surface area (Å²) < 4.78 is 5.99. The summed E-state index contributed by atoms with van der Waals surface area (Å²) in [6.07, 6.45) is 7.86. The molecular formula is C16H30IN3O. The number of hydrogen-bond donors (Lipinski definition) is 2. The van der Waals surface area contributed by atoms with Crippen molar-refractivity contribution in [1.29, 1.82) is 0 Å². The molecule has 2 atom stereocenters. The minimum atomic E-state index is 0. The van der Waals surface area contributed by atoms with Crippen LogP contribution in [0.25, 0.3) is 0 Å². The van der Waals surface area contributed by atoms with Crippen LogP contribution in [-0.2, 0) is 4.74 Å². The van der Waals surface area contributed by atoms with Gasteiger partial charge in [0, 0.05) is 25.6 Å². The minimum absolute atomic E-state index is 0. The number of aliphatic imine (C=N–C) groups is 1. The van der Waals surface area contributed by atoms with Gasteiger partial charge in [0.25, 0.3) is 0 Å². The van der Waals surface area contributed by atoms with Gasteiger partial charge in [-0.15, -0.1) is 30.4 Å². The first-order valence-corrected chi connectivity index (χ1v) is 7.56. The molecular weight excluding hydrogens is 377 g/mol. The fourth-order valence-electron chi connectivity index (χ4n) is 2.67. The van der Waals surface area contributed by atoms with Gasteiger partial charge >= 0.3 is 0 Å². The van der Waals surface area contributed by atoms with Gasteiger partial charge in [-0.05, 0) is 25.2 Å². The highest BCUT2D eigenvalue weighted by Gasteiger charge is 2.35. The molecule has 4 nitrogen and oxygen atoms in total. The molecule has 5 heteroatoms. The lowest BCUT2D eigenvalue weighted by Crippen LogP contribution is -2.42. The lowest BCUT2D eigenvalue weighted by atomic mass is 9.78. The summed E-state index contributed by atoms with van der Waals surface area (Å²) in [5.41, 5.74) is 0.158. The summed E-state index contributed by atoms with van der Waals surface area (Å²) in [6, 6.07) is 0.